The molecule has 2 rings (SSSR count). The van der Waals surface area contributed by atoms with Crippen molar-refractivity contribution >= 4 is 17.0 Å². The first-order valence-electron chi connectivity index (χ1n) is 5.51. The summed E-state index contributed by atoms with van der Waals surface area (Å²) in [7, 11) is 0. The van der Waals surface area contributed by atoms with Crippen LogP contribution in [0, 0.1) is 5.92 Å². The molecule has 0 bridgehead atoms. The van der Waals surface area contributed by atoms with E-state index in [1.54, 1.807) is 24.3 Å². The predicted molar refractivity (Wildman–Crippen MR) is 66.5 cm³/mol. The Bertz CT molecular complexity index is 652. The molecule has 5 nitrogen and oxygen atoms in total. The van der Waals surface area contributed by atoms with Gasteiger partial charge in [0.05, 0.1) is 17.5 Å². The van der Waals surface area contributed by atoms with Gasteiger partial charge in [-0.25, -0.2) is 9.36 Å². The molecule has 0 amide bonds. The Morgan fingerprint density at radius 2 is 2.17 bits per heavy atom. The maximum absolute atomic E-state index is 12.1. The van der Waals surface area contributed by atoms with E-state index in [1.807, 2.05) is 0 Å². The van der Waals surface area contributed by atoms with Crippen LogP contribution >= 0.6 is 0 Å². The Hall–Kier alpha value is -2.14. The summed E-state index contributed by atoms with van der Waals surface area (Å²) in [5.74, 6) is -2.03. The standard InChI is InChI=1S/C13H13NO4/c1-3-10(15)8(2)12(16)14-9-6-4-5-7-11(9)18-13(14)17/h3-8,10,15H,1H2,2H3. The number of carbonyl (C=O) groups is 1. The first kappa shape index (κ1) is 12.3. The van der Waals surface area contributed by atoms with E-state index >= 15 is 0 Å². The zero-order chi connectivity index (χ0) is 13.3. The minimum Gasteiger partial charge on any atom is -0.407 e. The Kier molecular flexibility index (Phi) is 3.16. The molecule has 0 radical (unpaired) electrons. The first-order valence-corrected chi connectivity index (χ1v) is 5.51. The Morgan fingerprint density at radius 3 is 2.83 bits per heavy atom. The van der Waals surface area contributed by atoms with Crippen LogP contribution in [0.5, 0.6) is 0 Å². The molecule has 0 aliphatic heterocycles. The molecule has 1 aromatic heterocycles. The van der Waals surface area contributed by atoms with Gasteiger partial charge in [-0.15, -0.1) is 6.58 Å². The van der Waals surface area contributed by atoms with E-state index in [9.17, 15) is 14.7 Å². The van der Waals surface area contributed by atoms with Crippen molar-refractivity contribution < 1.29 is 14.3 Å². The van der Waals surface area contributed by atoms with Crippen LogP contribution in [-0.2, 0) is 0 Å². The molecule has 0 aliphatic carbocycles. The highest BCUT2D eigenvalue weighted by molar-refractivity contribution is 5.90. The number of aromatic nitrogens is 1. The summed E-state index contributed by atoms with van der Waals surface area (Å²) in [5, 5.41) is 9.57. The van der Waals surface area contributed by atoms with Gasteiger partial charge in [0.25, 0.3) is 0 Å². The smallest absolute Gasteiger partial charge is 0.407 e. The van der Waals surface area contributed by atoms with E-state index in [0.717, 1.165) is 4.57 Å². The number of para-hydroxylation sites is 2. The quantitative estimate of drug-likeness (QED) is 0.832. The van der Waals surface area contributed by atoms with Crippen LogP contribution in [0.1, 0.15) is 11.7 Å². The lowest BCUT2D eigenvalue weighted by Gasteiger charge is -2.13. The number of hydrogen-bond donors (Lipinski definition) is 1. The van der Waals surface area contributed by atoms with Gasteiger partial charge in [0.15, 0.2) is 5.58 Å². The van der Waals surface area contributed by atoms with Gasteiger partial charge < -0.3 is 9.52 Å². The van der Waals surface area contributed by atoms with E-state index in [0.29, 0.717) is 11.1 Å². The molecule has 0 saturated carbocycles. The molecular weight excluding hydrogens is 234 g/mol. The van der Waals surface area contributed by atoms with E-state index in [4.69, 9.17) is 4.42 Å². The van der Waals surface area contributed by atoms with Crippen molar-refractivity contribution in [2.75, 3.05) is 0 Å². The van der Waals surface area contributed by atoms with Crippen molar-refractivity contribution in [3.05, 3.63) is 47.5 Å². The highest BCUT2D eigenvalue weighted by Crippen LogP contribution is 2.15. The van der Waals surface area contributed by atoms with Gasteiger partial charge in [0.2, 0.25) is 5.91 Å². The minimum absolute atomic E-state index is 0.344. The lowest BCUT2D eigenvalue weighted by molar-refractivity contribution is 0.0714. The number of rotatable bonds is 3. The van der Waals surface area contributed by atoms with Crippen molar-refractivity contribution in [1.29, 1.82) is 0 Å². The van der Waals surface area contributed by atoms with Crippen molar-refractivity contribution in [3.8, 4) is 0 Å². The third-order valence-electron chi connectivity index (χ3n) is 2.85. The van der Waals surface area contributed by atoms with Gasteiger partial charge >= 0.3 is 5.76 Å². The number of oxazole rings is 1. The second-order valence-electron chi connectivity index (χ2n) is 4.02. The lowest BCUT2D eigenvalue weighted by Crippen LogP contribution is -2.33. The highest BCUT2D eigenvalue weighted by Gasteiger charge is 2.25. The molecular formula is C13H13NO4. The number of nitrogens with zero attached hydrogens (tertiary/aromatic N) is 1. The highest BCUT2D eigenvalue weighted by atomic mass is 16.4. The molecule has 5 heteroatoms. The van der Waals surface area contributed by atoms with Crippen LogP contribution < -0.4 is 5.76 Å². The molecule has 94 valence electrons. The summed E-state index contributed by atoms with van der Waals surface area (Å²) < 4.78 is 5.90. The molecule has 0 fully saturated rings. The molecule has 1 heterocycles. The minimum atomic E-state index is -1.00. The Balaban J connectivity index is 2.54. The summed E-state index contributed by atoms with van der Waals surface area (Å²) in [6.45, 7) is 4.95. The summed E-state index contributed by atoms with van der Waals surface area (Å²) in [6, 6.07) is 6.64. The Labute approximate surface area is 103 Å². The lowest BCUT2D eigenvalue weighted by atomic mass is 10.0. The zero-order valence-corrected chi connectivity index (χ0v) is 9.87. The number of aliphatic hydroxyl groups is 1. The zero-order valence-electron chi connectivity index (χ0n) is 9.87. The third-order valence-corrected chi connectivity index (χ3v) is 2.85. The second-order valence-corrected chi connectivity index (χ2v) is 4.02. The van der Waals surface area contributed by atoms with Crippen molar-refractivity contribution in [2.24, 2.45) is 5.92 Å². The number of benzene rings is 1. The summed E-state index contributed by atoms with van der Waals surface area (Å²) in [5.41, 5.74) is 0.742. The maximum atomic E-state index is 12.1. The van der Waals surface area contributed by atoms with E-state index in [2.05, 4.69) is 6.58 Å². The molecule has 0 saturated heterocycles. The first-order chi connectivity index (χ1) is 8.56. The van der Waals surface area contributed by atoms with Gasteiger partial charge in [-0.1, -0.05) is 25.1 Å². The van der Waals surface area contributed by atoms with Crippen molar-refractivity contribution in [1.82, 2.24) is 4.57 Å². The van der Waals surface area contributed by atoms with Crippen LogP contribution in [0.25, 0.3) is 11.1 Å². The molecule has 0 spiro atoms. The van der Waals surface area contributed by atoms with Crippen molar-refractivity contribution in [3.63, 3.8) is 0 Å². The molecule has 2 unspecified atom stereocenters. The molecule has 1 aromatic carbocycles. The van der Waals surface area contributed by atoms with E-state index < -0.39 is 23.7 Å². The van der Waals surface area contributed by atoms with Crippen LogP contribution in [0.3, 0.4) is 0 Å². The average molecular weight is 247 g/mol. The van der Waals surface area contributed by atoms with Gasteiger partial charge in [0.1, 0.15) is 0 Å². The van der Waals surface area contributed by atoms with Gasteiger partial charge in [-0.2, -0.15) is 0 Å². The van der Waals surface area contributed by atoms with Gasteiger partial charge in [-0.05, 0) is 12.1 Å². The van der Waals surface area contributed by atoms with Crippen LogP contribution in [0.2, 0.25) is 0 Å². The average Bonchev–Trinajstić information content (AvgIpc) is 2.71. The monoisotopic (exact) mass is 247 g/mol. The SMILES string of the molecule is C=CC(O)C(C)C(=O)n1c(=O)oc2ccccc21. The van der Waals surface area contributed by atoms with Crippen molar-refractivity contribution in [2.45, 2.75) is 13.0 Å². The fraction of sp³-hybridized carbons (Fsp3) is 0.231. The topological polar surface area (TPSA) is 72.4 Å². The molecule has 2 aromatic rings. The predicted octanol–water partition coefficient (Wildman–Crippen LogP) is 1.42. The fourth-order valence-corrected chi connectivity index (χ4v) is 1.73. The Morgan fingerprint density at radius 1 is 1.50 bits per heavy atom. The number of aliphatic hydroxyl groups excluding tert-OH is 1. The van der Waals surface area contributed by atoms with Crippen LogP contribution in [0.15, 0.2) is 46.1 Å². The summed E-state index contributed by atoms with van der Waals surface area (Å²) in [6.07, 6.45) is 0.258. The normalized spacial score (nSPS) is 14.3. The van der Waals surface area contributed by atoms with Gasteiger partial charge in [0, 0.05) is 0 Å². The van der Waals surface area contributed by atoms with E-state index in [1.165, 1.54) is 13.0 Å². The summed E-state index contributed by atoms with van der Waals surface area (Å²) in [4.78, 5) is 23.8. The van der Waals surface area contributed by atoms with Gasteiger partial charge in [-0.3, -0.25) is 4.79 Å². The summed E-state index contributed by atoms with van der Waals surface area (Å²) >= 11 is 0. The number of hydrogen-bond acceptors (Lipinski definition) is 4. The van der Waals surface area contributed by atoms with Crippen LogP contribution in [0.4, 0.5) is 0 Å². The maximum Gasteiger partial charge on any atom is 0.426 e. The number of carbonyl (C=O) groups excluding carboxylic acids is 1. The second kappa shape index (κ2) is 4.62. The largest absolute Gasteiger partial charge is 0.426 e. The molecule has 0 aliphatic rings. The fourth-order valence-electron chi connectivity index (χ4n) is 1.73. The molecule has 2 atom stereocenters. The third kappa shape index (κ3) is 1.89. The van der Waals surface area contributed by atoms with E-state index in [-0.39, 0.29) is 0 Å². The van der Waals surface area contributed by atoms with Crippen LogP contribution in [-0.4, -0.2) is 21.7 Å². The molecule has 1 N–H and O–H groups in total. The molecule has 18 heavy (non-hydrogen) atoms. The number of fused-ring (bicyclic) bond motifs is 1.